The quantitative estimate of drug-likeness (QED) is 0.373. The summed E-state index contributed by atoms with van der Waals surface area (Å²) in [4.78, 5) is 22.6. The van der Waals surface area contributed by atoms with Gasteiger partial charge in [0.15, 0.2) is 0 Å². The molecular weight excluding hydrogens is 280 g/mol. The van der Waals surface area contributed by atoms with Crippen molar-refractivity contribution in [3.8, 4) is 0 Å². The standard InChI is InChI=1S/C16H18N4O2/c17-20-16(22)11-10-15(21)19-14-8-6-13(7-9-14)18-12-4-2-1-3-5-12/h1-9,18H,10-11,17H2,(H,19,21)(H,20,22). The fourth-order valence-electron chi connectivity index (χ4n) is 1.85. The van der Waals surface area contributed by atoms with Crippen molar-refractivity contribution in [1.82, 2.24) is 5.43 Å². The van der Waals surface area contributed by atoms with Crippen LogP contribution in [0, 0.1) is 0 Å². The lowest BCUT2D eigenvalue weighted by molar-refractivity contribution is -0.124. The molecule has 6 nitrogen and oxygen atoms in total. The zero-order chi connectivity index (χ0) is 15.8. The minimum Gasteiger partial charge on any atom is -0.356 e. The number of hydrogen-bond acceptors (Lipinski definition) is 4. The van der Waals surface area contributed by atoms with Gasteiger partial charge < -0.3 is 10.6 Å². The van der Waals surface area contributed by atoms with Crippen LogP contribution in [-0.2, 0) is 9.59 Å². The van der Waals surface area contributed by atoms with Crippen molar-refractivity contribution in [2.24, 2.45) is 5.84 Å². The normalized spacial score (nSPS) is 9.86. The van der Waals surface area contributed by atoms with Gasteiger partial charge in [-0.3, -0.25) is 15.0 Å². The molecule has 0 radical (unpaired) electrons. The van der Waals surface area contributed by atoms with Gasteiger partial charge in [-0.15, -0.1) is 0 Å². The predicted molar refractivity (Wildman–Crippen MR) is 86.4 cm³/mol. The smallest absolute Gasteiger partial charge is 0.234 e. The van der Waals surface area contributed by atoms with E-state index in [-0.39, 0.29) is 24.7 Å². The fourth-order valence-corrected chi connectivity index (χ4v) is 1.85. The fraction of sp³-hybridized carbons (Fsp3) is 0.125. The molecule has 0 bridgehead atoms. The molecule has 0 aliphatic rings. The molecule has 2 rings (SSSR count). The minimum absolute atomic E-state index is 0.0655. The van der Waals surface area contributed by atoms with Crippen LogP contribution in [0.5, 0.6) is 0 Å². The SMILES string of the molecule is NNC(=O)CCC(=O)Nc1ccc(Nc2ccccc2)cc1. The Morgan fingerprint density at radius 3 is 1.95 bits per heavy atom. The third-order valence-electron chi connectivity index (χ3n) is 2.97. The Hall–Kier alpha value is -2.86. The van der Waals surface area contributed by atoms with Crippen LogP contribution in [0.4, 0.5) is 17.1 Å². The van der Waals surface area contributed by atoms with Gasteiger partial charge in [0.2, 0.25) is 11.8 Å². The zero-order valence-electron chi connectivity index (χ0n) is 12.0. The van der Waals surface area contributed by atoms with Crippen LogP contribution in [-0.4, -0.2) is 11.8 Å². The van der Waals surface area contributed by atoms with E-state index in [1.165, 1.54) is 0 Å². The molecule has 0 atom stereocenters. The first-order valence-electron chi connectivity index (χ1n) is 6.89. The maximum atomic E-state index is 11.7. The van der Waals surface area contributed by atoms with E-state index in [2.05, 4.69) is 10.6 Å². The Morgan fingerprint density at radius 1 is 0.773 bits per heavy atom. The predicted octanol–water partition coefficient (Wildman–Crippen LogP) is 2.14. The number of amides is 2. The monoisotopic (exact) mass is 298 g/mol. The molecule has 0 spiro atoms. The number of carbonyl (C=O) groups excluding carboxylic acids is 2. The van der Waals surface area contributed by atoms with Crippen molar-refractivity contribution >= 4 is 28.9 Å². The molecule has 2 aromatic carbocycles. The highest BCUT2D eigenvalue weighted by Crippen LogP contribution is 2.18. The summed E-state index contributed by atoms with van der Waals surface area (Å²) in [5.41, 5.74) is 4.58. The third-order valence-corrected chi connectivity index (χ3v) is 2.97. The number of hydrogen-bond donors (Lipinski definition) is 4. The van der Waals surface area contributed by atoms with Gasteiger partial charge in [0.05, 0.1) is 0 Å². The van der Waals surface area contributed by atoms with Crippen LogP contribution in [0.15, 0.2) is 54.6 Å². The Bertz CT molecular complexity index is 626. The molecule has 0 fully saturated rings. The van der Waals surface area contributed by atoms with E-state index in [4.69, 9.17) is 5.84 Å². The molecule has 5 N–H and O–H groups in total. The molecule has 0 aliphatic heterocycles. The van der Waals surface area contributed by atoms with E-state index < -0.39 is 0 Å². The second-order valence-corrected chi connectivity index (χ2v) is 4.68. The Morgan fingerprint density at radius 2 is 1.32 bits per heavy atom. The highest BCUT2D eigenvalue weighted by atomic mass is 16.2. The lowest BCUT2D eigenvalue weighted by atomic mass is 10.2. The van der Waals surface area contributed by atoms with E-state index in [1.54, 1.807) is 12.1 Å². The molecule has 2 aromatic rings. The molecule has 0 aromatic heterocycles. The summed E-state index contributed by atoms with van der Waals surface area (Å²) in [5, 5.41) is 5.98. The maximum Gasteiger partial charge on any atom is 0.234 e. The Labute approximate surface area is 128 Å². The Kier molecular flexibility index (Phi) is 5.50. The van der Waals surface area contributed by atoms with Crippen molar-refractivity contribution in [1.29, 1.82) is 0 Å². The van der Waals surface area contributed by atoms with E-state index >= 15 is 0 Å². The van der Waals surface area contributed by atoms with E-state index in [0.717, 1.165) is 11.4 Å². The van der Waals surface area contributed by atoms with Crippen LogP contribution in [0.25, 0.3) is 0 Å². The summed E-state index contributed by atoms with van der Waals surface area (Å²) in [6, 6.07) is 17.1. The molecule has 22 heavy (non-hydrogen) atoms. The summed E-state index contributed by atoms with van der Waals surface area (Å²) in [6.07, 6.45) is 0.156. The second-order valence-electron chi connectivity index (χ2n) is 4.68. The van der Waals surface area contributed by atoms with Crippen LogP contribution in [0.1, 0.15) is 12.8 Å². The average molecular weight is 298 g/mol. The van der Waals surface area contributed by atoms with Crippen LogP contribution in [0.3, 0.4) is 0 Å². The van der Waals surface area contributed by atoms with Crippen molar-refractivity contribution in [2.75, 3.05) is 10.6 Å². The summed E-state index contributed by atoms with van der Waals surface area (Å²) in [7, 11) is 0. The molecule has 6 heteroatoms. The number of anilines is 3. The number of nitrogens with two attached hydrogens (primary N) is 1. The molecule has 114 valence electrons. The number of benzene rings is 2. The van der Waals surface area contributed by atoms with Gasteiger partial charge in [-0.2, -0.15) is 0 Å². The van der Waals surface area contributed by atoms with Gasteiger partial charge in [-0.25, -0.2) is 5.84 Å². The number of hydrazine groups is 1. The molecule has 0 heterocycles. The summed E-state index contributed by atoms with van der Waals surface area (Å²) in [5.74, 6) is 4.36. The zero-order valence-corrected chi connectivity index (χ0v) is 12.0. The van der Waals surface area contributed by atoms with Crippen molar-refractivity contribution in [3.63, 3.8) is 0 Å². The summed E-state index contributed by atoms with van der Waals surface area (Å²) in [6.45, 7) is 0. The molecule has 0 saturated carbocycles. The number of nitrogens with one attached hydrogen (secondary N) is 3. The molecule has 0 aliphatic carbocycles. The van der Waals surface area contributed by atoms with Gasteiger partial charge in [-0.1, -0.05) is 18.2 Å². The number of rotatable bonds is 6. The molecule has 2 amide bonds. The highest BCUT2D eigenvalue weighted by Gasteiger charge is 2.06. The first-order valence-corrected chi connectivity index (χ1v) is 6.89. The second kappa shape index (κ2) is 7.80. The van der Waals surface area contributed by atoms with E-state index in [9.17, 15) is 9.59 Å². The van der Waals surface area contributed by atoms with E-state index in [1.807, 2.05) is 47.9 Å². The van der Waals surface area contributed by atoms with E-state index in [0.29, 0.717) is 5.69 Å². The van der Waals surface area contributed by atoms with Gasteiger partial charge in [-0.05, 0) is 36.4 Å². The summed E-state index contributed by atoms with van der Waals surface area (Å²) < 4.78 is 0. The van der Waals surface area contributed by atoms with Gasteiger partial charge in [0, 0.05) is 29.9 Å². The summed E-state index contributed by atoms with van der Waals surface area (Å²) >= 11 is 0. The van der Waals surface area contributed by atoms with Crippen molar-refractivity contribution in [3.05, 3.63) is 54.6 Å². The third kappa shape index (κ3) is 4.92. The number of carbonyl (C=O) groups is 2. The molecule has 0 unspecified atom stereocenters. The molecule has 0 saturated heterocycles. The lowest BCUT2D eigenvalue weighted by Gasteiger charge is -2.08. The first-order chi connectivity index (χ1) is 10.7. The molecular formula is C16H18N4O2. The van der Waals surface area contributed by atoms with Gasteiger partial charge in [0.25, 0.3) is 0 Å². The van der Waals surface area contributed by atoms with Crippen LogP contribution >= 0.6 is 0 Å². The van der Waals surface area contributed by atoms with Crippen molar-refractivity contribution in [2.45, 2.75) is 12.8 Å². The van der Waals surface area contributed by atoms with Gasteiger partial charge >= 0.3 is 0 Å². The Balaban J connectivity index is 1.86. The van der Waals surface area contributed by atoms with Crippen LogP contribution < -0.4 is 21.9 Å². The first kappa shape index (κ1) is 15.5. The largest absolute Gasteiger partial charge is 0.356 e. The van der Waals surface area contributed by atoms with Gasteiger partial charge in [0.1, 0.15) is 0 Å². The average Bonchev–Trinajstić information content (AvgIpc) is 2.55. The highest BCUT2D eigenvalue weighted by molar-refractivity contribution is 5.93. The topological polar surface area (TPSA) is 96.2 Å². The maximum absolute atomic E-state index is 11.7. The van der Waals surface area contributed by atoms with Crippen LogP contribution in [0.2, 0.25) is 0 Å². The van der Waals surface area contributed by atoms with Crippen molar-refractivity contribution < 1.29 is 9.59 Å². The lowest BCUT2D eigenvalue weighted by Crippen LogP contribution is -2.30. The number of para-hydroxylation sites is 1. The minimum atomic E-state index is -0.363.